The highest BCUT2D eigenvalue weighted by molar-refractivity contribution is 7.84. The fourth-order valence-corrected chi connectivity index (χ4v) is 5.70. The normalized spacial score (nSPS) is 20.8. The summed E-state index contributed by atoms with van der Waals surface area (Å²) in [4.78, 5) is 17.2. The second kappa shape index (κ2) is 10.9. The zero-order valence-electron chi connectivity index (χ0n) is 21.4. The van der Waals surface area contributed by atoms with E-state index in [0.717, 1.165) is 10.8 Å². The van der Waals surface area contributed by atoms with E-state index in [1.807, 2.05) is 6.92 Å². The third kappa shape index (κ3) is 5.07. The fourth-order valence-electron chi connectivity index (χ4n) is 4.80. The first-order valence-corrected chi connectivity index (χ1v) is 13.7. The molecule has 1 fully saturated rings. The third-order valence-electron chi connectivity index (χ3n) is 6.72. The molecule has 4 rings (SSSR count). The molecule has 38 heavy (non-hydrogen) atoms. The van der Waals surface area contributed by atoms with Crippen LogP contribution in [0.2, 0.25) is 5.02 Å². The number of aliphatic imine (C=N–C) groups is 1. The van der Waals surface area contributed by atoms with E-state index in [0.29, 0.717) is 17.0 Å². The lowest BCUT2D eigenvalue weighted by atomic mass is 10.1. The monoisotopic (exact) mass is 562 g/mol. The van der Waals surface area contributed by atoms with Crippen molar-refractivity contribution in [3.63, 3.8) is 0 Å². The van der Waals surface area contributed by atoms with Gasteiger partial charge in [0.25, 0.3) is 5.56 Å². The molecule has 2 heterocycles. The van der Waals surface area contributed by atoms with E-state index < -0.39 is 34.0 Å². The Kier molecular flexibility index (Phi) is 7.94. The van der Waals surface area contributed by atoms with Gasteiger partial charge < -0.3 is 0 Å². The number of rotatable bonds is 7. The molecular formula is C27H26ClF3N4O2S. The van der Waals surface area contributed by atoms with Crippen molar-refractivity contribution in [3.8, 4) is 0 Å². The highest BCUT2D eigenvalue weighted by Crippen LogP contribution is 2.61. The quantitative estimate of drug-likeness (QED) is 0.338. The lowest BCUT2D eigenvalue weighted by Crippen LogP contribution is -2.21. The number of halogens is 4. The lowest BCUT2D eigenvalue weighted by Gasteiger charge is -2.12. The molecule has 0 bridgehead atoms. The average Bonchev–Trinajstić information content (AvgIpc) is 3.40. The van der Waals surface area contributed by atoms with Crippen molar-refractivity contribution in [1.82, 2.24) is 14.3 Å². The van der Waals surface area contributed by atoms with Crippen LogP contribution in [0, 0.1) is 24.6 Å². The maximum Gasteiger partial charge on any atom is 0.273 e. The Morgan fingerprint density at radius 2 is 1.95 bits per heavy atom. The number of nitrogens with zero attached hydrogens (tertiary/aromatic N) is 4. The summed E-state index contributed by atoms with van der Waals surface area (Å²) in [5.41, 5.74) is 0.466. The third-order valence-corrected chi connectivity index (χ3v) is 8.03. The zero-order chi connectivity index (χ0) is 27.9. The summed E-state index contributed by atoms with van der Waals surface area (Å²) in [6, 6.07) is 7.20. The molecule has 1 aromatic carbocycles. The van der Waals surface area contributed by atoms with Gasteiger partial charge in [-0.2, -0.15) is 4.39 Å². The number of aromatic nitrogens is 3. The van der Waals surface area contributed by atoms with Crippen molar-refractivity contribution in [3.05, 3.63) is 98.1 Å². The Morgan fingerprint density at radius 3 is 2.55 bits per heavy atom. The van der Waals surface area contributed by atoms with E-state index in [9.17, 15) is 13.4 Å². The largest absolute Gasteiger partial charge is 0.284 e. The minimum absolute atomic E-state index is 0.0737. The van der Waals surface area contributed by atoms with Crippen molar-refractivity contribution in [2.75, 3.05) is 6.26 Å². The van der Waals surface area contributed by atoms with E-state index in [4.69, 9.17) is 11.6 Å². The number of hydrogen-bond donors (Lipinski definition) is 0. The van der Waals surface area contributed by atoms with Crippen LogP contribution < -0.4 is 5.56 Å². The van der Waals surface area contributed by atoms with Crippen LogP contribution in [0.3, 0.4) is 0 Å². The molecule has 1 saturated carbocycles. The first kappa shape index (κ1) is 27.8. The summed E-state index contributed by atoms with van der Waals surface area (Å²) < 4.78 is 58.8. The van der Waals surface area contributed by atoms with Gasteiger partial charge in [0.15, 0.2) is 5.83 Å². The van der Waals surface area contributed by atoms with Gasteiger partial charge in [-0.3, -0.25) is 23.2 Å². The van der Waals surface area contributed by atoms with Gasteiger partial charge in [-0.05, 0) is 49.4 Å². The molecule has 11 heteroatoms. The molecule has 0 amide bonds. The molecule has 0 saturated heterocycles. The van der Waals surface area contributed by atoms with Gasteiger partial charge in [-0.15, -0.1) is 5.10 Å². The summed E-state index contributed by atoms with van der Waals surface area (Å²) in [6.07, 6.45) is 5.06. The molecule has 1 aliphatic carbocycles. The summed E-state index contributed by atoms with van der Waals surface area (Å²) in [5.74, 6) is -2.55. The summed E-state index contributed by atoms with van der Waals surface area (Å²) in [6.45, 7) is 5.27. The van der Waals surface area contributed by atoms with Crippen LogP contribution in [-0.2, 0) is 17.8 Å². The SMILES string of the molecule is C/C=C/N=C(/C(F)=C/n1c(C)cc(C2C(c3cc(F)nn3C)[C@H]2C)c(Cl)c1=O)c1cccc(S(C)=O)c1F. The number of hydrogen-bond acceptors (Lipinski definition) is 4. The van der Waals surface area contributed by atoms with Gasteiger partial charge in [0.2, 0.25) is 5.95 Å². The maximum absolute atomic E-state index is 15.6. The van der Waals surface area contributed by atoms with Crippen LogP contribution in [0.1, 0.15) is 48.2 Å². The topological polar surface area (TPSA) is 69.2 Å². The Balaban J connectivity index is 1.77. The number of allylic oxidation sites excluding steroid dienone is 2. The summed E-state index contributed by atoms with van der Waals surface area (Å²) >= 11 is 6.50. The molecule has 3 unspecified atom stereocenters. The average molecular weight is 563 g/mol. The highest BCUT2D eigenvalue weighted by Gasteiger charge is 2.51. The van der Waals surface area contributed by atoms with Crippen molar-refractivity contribution < 1.29 is 17.4 Å². The van der Waals surface area contributed by atoms with Gasteiger partial charge in [0, 0.05) is 48.4 Å². The van der Waals surface area contributed by atoms with E-state index in [1.165, 1.54) is 47.5 Å². The van der Waals surface area contributed by atoms with Crippen LogP contribution >= 0.6 is 11.6 Å². The van der Waals surface area contributed by atoms with Gasteiger partial charge >= 0.3 is 0 Å². The van der Waals surface area contributed by atoms with Crippen LogP contribution in [0.15, 0.2) is 63.1 Å². The molecule has 0 aliphatic heterocycles. The minimum Gasteiger partial charge on any atom is -0.284 e. The van der Waals surface area contributed by atoms with E-state index >= 15 is 8.78 Å². The van der Waals surface area contributed by atoms with Crippen molar-refractivity contribution >= 4 is 34.3 Å². The molecule has 200 valence electrons. The van der Waals surface area contributed by atoms with Crippen LogP contribution in [0.5, 0.6) is 0 Å². The van der Waals surface area contributed by atoms with Crippen LogP contribution in [0.25, 0.3) is 6.20 Å². The fraction of sp³-hybridized carbons (Fsp3) is 0.296. The minimum atomic E-state index is -1.64. The van der Waals surface area contributed by atoms with E-state index in [1.54, 1.807) is 27.0 Å². The molecule has 3 aromatic rings. The first-order chi connectivity index (χ1) is 18.0. The Morgan fingerprint density at radius 1 is 1.24 bits per heavy atom. The number of pyridine rings is 1. The second-order valence-electron chi connectivity index (χ2n) is 9.17. The van der Waals surface area contributed by atoms with Gasteiger partial charge in [0.05, 0.1) is 21.9 Å². The molecule has 4 atom stereocenters. The first-order valence-electron chi connectivity index (χ1n) is 11.8. The molecule has 1 aliphatic rings. The standard InChI is InChI=1S/C27H26ClF3N4O2S/c1-6-10-32-26(16-8-7-9-20(25(16)31)38(5)37)18(29)13-35-14(2)11-17(24(28)27(35)36)22-15(3)23(22)19-12-21(30)33-34(19)4/h6-13,15,22-23H,1-5H3/b10-6+,18-13-,32-26+/t15-,22?,23?,38?/m0/s1. The van der Waals surface area contributed by atoms with Gasteiger partial charge in [-0.25, -0.2) is 8.78 Å². The number of aryl methyl sites for hydroxylation is 2. The van der Waals surface area contributed by atoms with E-state index in [2.05, 4.69) is 10.1 Å². The Labute approximate surface area is 225 Å². The van der Waals surface area contributed by atoms with Gasteiger partial charge in [0.1, 0.15) is 16.6 Å². The van der Waals surface area contributed by atoms with Crippen molar-refractivity contribution in [2.24, 2.45) is 18.0 Å². The highest BCUT2D eigenvalue weighted by atomic mass is 35.5. The Hall–Kier alpha value is -3.24. The van der Waals surface area contributed by atoms with Crippen molar-refractivity contribution in [2.45, 2.75) is 37.5 Å². The molecule has 0 N–H and O–H groups in total. The Bertz CT molecular complexity index is 1590. The van der Waals surface area contributed by atoms with Crippen LogP contribution in [0.4, 0.5) is 13.2 Å². The lowest BCUT2D eigenvalue weighted by molar-refractivity contribution is 0.549. The zero-order valence-corrected chi connectivity index (χ0v) is 22.9. The molecule has 2 aromatic heterocycles. The molecule has 0 spiro atoms. The second-order valence-corrected chi connectivity index (χ2v) is 10.9. The number of benzene rings is 1. The smallest absolute Gasteiger partial charge is 0.273 e. The van der Waals surface area contributed by atoms with E-state index in [-0.39, 0.29) is 38.9 Å². The predicted molar refractivity (Wildman–Crippen MR) is 144 cm³/mol. The molecule has 0 radical (unpaired) electrons. The summed E-state index contributed by atoms with van der Waals surface area (Å²) in [5, 5.41) is 3.68. The van der Waals surface area contributed by atoms with Crippen LogP contribution in [-0.4, -0.2) is 30.5 Å². The predicted octanol–water partition coefficient (Wildman–Crippen LogP) is 5.87. The maximum atomic E-state index is 15.6. The van der Waals surface area contributed by atoms with Crippen molar-refractivity contribution in [1.29, 1.82) is 0 Å². The van der Waals surface area contributed by atoms with Gasteiger partial charge in [-0.1, -0.05) is 30.7 Å². The summed E-state index contributed by atoms with van der Waals surface area (Å²) in [7, 11) is 0.0104. The molecular weight excluding hydrogens is 537 g/mol. The molecule has 6 nitrogen and oxygen atoms in total.